The molecule has 0 bridgehead atoms. The molecular formula is C10H16BrNO2S2. The van der Waals surface area contributed by atoms with Crippen molar-refractivity contribution >= 4 is 37.3 Å². The molecule has 0 amide bonds. The minimum Gasteiger partial charge on any atom is -0.210 e. The predicted octanol–water partition coefficient (Wildman–Crippen LogP) is 3.29. The number of thiophene rings is 1. The van der Waals surface area contributed by atoms with Crippen LogP contribution in [0.5, 0.6) is 0 Å². The van der Waals surface area contributed by atoms with Gasteiger partial charge >= 0.3 is 0 Å². The van der Waals surface area contributed by atoms with Crippen molar-refractivity contribution in [1.82, 2.24) is 4.72 Å². The number of rotatable bonds is 6. The van der Waals surface area contributed by atoms with Gasteiger partial charge < -0.3 is 0 Å². The first-order chi connectivity index (χ1) is 7.47. The van der Waals surface area contributed by atoms with Crippen molar-refractivity contribution in [2.45, 2.75) is 37.3 Å². The van der Waals surface area contributed by atoms with Crippen molar-refractivity contribution in [3.8, 4) is 0 Å². The second-order valence-electron chi connectivity index (χ2n) is 3.63. The maximum Gasteiger partial charge on any atom is 0.250 e. The molecule has 92 valence electrons. The largest absolute Gasteiger partial charge is 0.250 e. The highest BCUT2D eigenvalue weighted by Crippen LogP contribution is 2.30. The predicted molar refractivity (Wildman–Crippen MR) is 71.5 cm³/mol. The van der Waals surface area contributed by atoms with Crippen LogP contribution < -0.4 is 4.72 Å². The van der Waals surface area contributed by atoms with Gasteiger partial charge in [-0.2, -0.15) is 0 Å². The first-order valence-corrected chi connectivity index (χ1v) is 8.32. The number of aryl methyl sites for hydroxylation is 1. The van der Waals surface area contributed by atoms with Crippen molar-refractivity contribution in [3.63, 3.8) is 0 Å². The molecule has 1 heterocycles. The fraction of sp³-hybridized carbons (Fsp3) is 0.600. The summed E-state index contributed by atoms with van der Waals surface area (Å²) in [6.45, 7) is 4.50. The normalized spacial score (nSPS) is 11.9. The van der Waals surface area contributed by atoms with Crippen LogP contribution in [0.2, 0.25) is 0 Å². The van der Waals surface area contributed by atoms with Gasteiger partial charge in [0.05, 0.1) is 3.79 Å². The van der Waals surface area contributed by atoms with Crippen LogP contribution in [0.1, 0.15) is 31.7 Å². The molecule has 0 atom stereocenters. The molecule has 16 heavy (non-hydrogen) atoms. The zero-order valence-electron chi connectivity index (χ0n) is 9.42. The highest BCUT2D eigenvalue weighted by Gasteiger charge is 2.17. The van der Waals surface area contributed by atoms with Crippen LogP contribution in [0.15, 0.2) is 14.1 Å². The van der Waals surface area contributed by atoms with E-state index in [2.05, 4.69) is 27.6 Å². The summed E-state index contributed by atoms with van der Waals surface area (Å²) in [5, 5.41) is 0. The summed E-state index contributed by atoms with van der Waals surface area (Å²) < 4.78 is 27.6. The summed E-state index contributed by atoms with van der Waals surface area (Å²) >= 11 is 4.58. The van der Waals surface area contributed by atoms with Crippen molar-refractivity contribution in [2.75, 3.05) is 6.54 Å². The van der Waals surface area contributed by atoms with Crippen LogP contribution in [0, 0.1) is 6.92 Å². The molecule has 0 spiro atoms. The highest BCUT2D eigenvalue weighted by molar-refractivity contribution is 9.11. The monoisotopic (exact) mass is 325 g/mol. The summed E-state index contributed by atoms with van der Waals surface area (Å²) in [7, 11) is -3.30. The van der Waals surface area contributed by atoms with Gasteiger partial charge in [0.25, 0.3) is 0 Å². The van der Waals surface area contributed by atoms with Gasteiger partial charge in [0, 0.05) is 6.54 Å². The Hall–Kier alpha value is 0.0900. The lowest BCUT2D eigenvalue weighted by atomic mass is 10.3. The lowest BCUT2D eigenvalue weighted by Gasteiger charge is -2.03. The van der Waals surface area contributed by atoms with E-state index in [1.807, 2.05) is 6.92 Å². The van der Waals surface area contributed by atoms with Crippen molar-refractivity contribution in [2.24, 2.45) is 0 Å². The maximum absolute atomic E-state index is 11.8. The Bertz CT molecular complexity index is 420. The van der Waals surface area contributed by atoms with Crippen LogP contribution in [0.3, 0.4) is 0 Å². The molecule has 1 aromatic rings. The van der Waals surface area contributed by atoms with E-state index in [-0.39, 0.29) is 0 Å². The molecule has 0 aliphatic carbocycles. The lowest BCUT2D eigenvalue weighted by molar-refractivity contribution is 0.578. The molecular weight excluding hydrogens is 310 g/mol. The van der Waals surface area contributed by atoms with Crippen molar-refractivity contribution in [1.29, 1.82) is 0 Å². The summed E-state index contributed by atoms with van der Waals surface area (Å²) in [5.41, 5.74) is 0.957. The van der Waals surface area contributed by atoms with E-state index >= 15 is 0 Å². The third-order valence-electron chi connectivity index (χ3n) is 2.17. The van der Waals surface area contributed by atoms with E-state index < -0.39 is 10.0 Å². The average molecular weight is 326 g/mol. The van der Waals surface area contributed by atoms with Crippen LogP contribution in [0.25, 0.3) is 0 Å². The smallest absolute Gasteiger partial charge is 0.210 e. The molecule has 1 N–H and O–H groups in total. The van der Waals surface area contributed by atoms with Crippen molar-refractivity contribution in [3.05, 3.63) is 15.4 Å². The Morgan fingerprint density at radius 2 is 2.12 bits per heavy atom. The molecule has 3 nitrogen and oxygen atoms in total. The quantitative estimate of drug-likeness (QED) is 0.816. The topological polar surface area (TPSA) is 46.2 Å². The Balaban J connectivity index is 2.64. The molecule has 6 heteroatoms. The van der Waals surface area contributed by atoms with E-state index in [1.54, 1.807) is 6.07 Å². The zero-order chi connectivity index (χ0) is 12.2. The van der Waals surface area contributed by atoms with Crippen LogP contribution in [-0.4, -0.2) is 15.0 Å². The van der Waals surface area contributed by atoms with E-state index in [0.717, 1.165) is 28.6 Å². The van der Waals surface area contributed by atoms with Gasteiger partial charge in [-0.3, -0.25) is 0 Å². The van der Waals surface area contributed by atoms with E-state index in [9.17, 15) is 8.42 Å². The fourth-order valence-electron chi connectivity index (χ4n) is 1.22. The molecule has 0 radical (unpaired) electrons. The summed E-state index contributed by atoms with van der Waals surface area (Å²) in [6, 6.07) is 1.69. The minimum atomic E-state index is -3.30. The number of hydrogen-bond acceptors (Lipinski definition) is 3. The van der Waals surface area contributed by atoms with Gasteiger partial charge in [0.1, 0.15) is 4.21 Å². The Kier molecular flexibility index (Phi) is 5.43. The summed E-state index contributed by atoms with van der Waals surface area (Å²) in [5.74, 6) is 0. The highest BCUT2D eigenvalue weighted by atomic mass is 79.9. The summed E-state index contributed by atoms with van der Waals surface area (Å²) in [6.07, 6.45) is 3.03. The van der Waals surface area contributed by atoms with Crippen LogP contribution in [-0.2, 0) is 10.0 Å². The second-order valence-corrected chi connectivity index (χ2v) is 7.99. The molecule has 0 aliphatic heterocycles. The van der Waals surface area contributed by atoms with E-state index in [0.29, 0.717) is 10.8 Å². The maximum atomic E-state index is 11.8. The van der Waals surface area contributed by atoms with Gasteiger partial charge in [-0.15, -0.1) is 11.3 Å². The standard InChI is InChI=1S/C10H16BrNO2S2/c1-3-4-5-6-12-16(13,14)9-7-8(2)10(11)15-9/h7,12H,3-6H2,1-2H3. The molecule has 0 unspecified atom stereocenters. The first kappa shape index (κ1) is 14.2. The van der Waals surface area contributed by atoms with Gasteiger partial charge in [-0.05, 0) is 40.9 Å². The number of sulfonamides is 1. The lowest BCUT2D eigenvalue weighted by Crippen LogP contribution is -2.23. The van der Waals surface area contributed by atoms with Gasteiger partial charge in [-0.1, -0.05) is 19.8 Å². The Labute approximate surface area is 109 Å². The number of halogens is 1. The fourth-order valence-corrected chi connectivity index (χ4v) is 4.56. The van der Waals surface area contributed by atoms with Gasteiger partial charge in [0.15, 0.2) is 0 Å². The molecule has 0 saturated carbocycles. The zero-order valence-corrected chi connectivity index (χ0v) is 12.6. The molecule has 0 fully saturated rings. The SMILES string of the molecule is CCCCCNS(=O)(=O)c1cc(C)c(Br)s1. The molecule has 0 aromatic carbocycles. The van der Waals surface area contributed by atoms with Crippen LogP contribution in [0.4, 0.5) is 0 Å². The molecule has 0 aliphatic rings. The average Bonchev–Trinajstić information content (AvgIpc) is 2.55. The first-order valence-electron chi connectivity index (χ1n) is 5.23. The van der Waals surface area contributed by atoms with E-state index in [4.69, 9.17) is 0 Å². The minimum absolute atomic E-state index is 0.383. The number of nitrogens with one attached hydrogen (secondary N) is 1. The van der Waals surface area contributed by atoms with Gasteiger partial charge in [0.2, 0.25) is 10.0 Å². The molecule has 1 rings (SSSR count). The Morgan fingerprint density at radius 1 is 1.44 bits per heavy atom. The number of hydrogen-bond donors (Lipinski definition) is 1. The van der Waals surface area contributed by atoms with Crippen molar-refractivity contribution < 1.29 is 8.42 Å². The second kappa shape index (κ2) is 6.14. The molecule has 0 saturated heterocycles. The molecule has 1 aromatic heterocycles. The summed E-state index contributed by atoms with van der Waals surface area (Å²) in [4.78, 5) is 0. The van der Waals surface area contributed by atoms with Gasteiger partial charge in [-0.25, -0.2) is 13.1 Å². The van der Waals surface area contributed by atoms with E-state index in [1.165, 1.54) is 11.3 Å². The van der Waals surface area contributed by atoms with Crippen LogP contribution >= 0.6 is 27.3 Å². The third-order valence-corrected chi connectivity index (χ3v) is 6.24. The Morgan fingerprint density at radius 3 is 2.62 bits per heavy atom. The third kappa shape index (κ3) is 3.84. The number of unbranched alkanes of at least 4 members (excludes halogenated alkanes) is 2.